The summed E-state index contributed by atoms with van der Waals surface area (Å²) in [7, 11) is -2.30. The Labute approximate surface area is 188 Å². The topological polar surface area (TPSA) is 98.3 Å². The van der Waals surface area contributed by atoms with E-state index in [0.29, 0.717) is 38.9 Å². The van der Waals surface area contributed by atoms with E-state index < -0.39 is 14.9 Å². The number of nitrogens with zero attached hydrogens (tertiary/aromatic N) is 4. The smallest absolute Gasteiger partial charge is 0.265 e. The van der Waals surface area contributed by atoms with E-state index in [1.807, 2.05) is 0 Å². The molecule has 10 heteroatoms. The molecule has 0 saturated carbocycles. The standard InChI is InChI=1S/C22H15ClN4O4S/c1-25-22-20(14-6-8-15(23)9-7-14)24-26(16-10-12-17(13-11-16)27(28)29)21(22)18-4-2-3-5-19(18)32(25,30)31/h2-13H,1H3. The Morgan fingerprint density at radius 2 is 1.62 bits per heavy atom. The molecule has 0 amide bonds. The SMILES string of the molecule is CN1c2c(-c3ccc(Cl)cc3)nn(-c3ccc([N+](=O)[O-])cc3)c2-c2ccccc2S1(=O)=O. The largest absolute Gasteiger partial charge is 0.269 e. The van der Waals surface area contributed by atoms with Gasteiger partial charge in [-0.3, -0.25) is 14.4 Å². The van der Waals surface area contributed by atoms with Crippen molar-refractivity contribution in [3.05, 3.63) is 87.9 Å². The predicted octanol–water partition coefficient (Wildman–Crippen LogP) is 4.91. The number of non-ortho nitro benzene ring substituents is 1. The van der Waals surface area contributed by atoms with Gasteiger partial charge in [-0.15, -0.1) is 0 Å². The minimum absolute atomic E-state index is 0.0483. The molecule has 1 aliphatic heterocycles. The summed E-state index contributed by atoms with van der Waals surface area (Å²) in [5, 5.41) is 16.4. The van der Waals surface area contributed by atoms with Crippen molar-refractivity contribution in [2.24, 2.45) is 0 Å². The number of rotatable bonds is 3. The van der Waals surface area contributed by atoms with Gasteiger partial charge in [-0.2, -0.15) is 5.10 Å². The maximum atomic E-state index is 13.3. The van der Waals surface area contributed by atoms with E-state index in [1.165, 1.54) is 23.5 Å². The average Bonchev–Trinajstić information content (AvgIpc) is 3.19. The van der Waals surface area contributed by atoms with Crippen LogP contribution in [0.4, 0.5) is 11.4 Å². The van der Waals surface area contributed by atoms with Crippen molar-refractivity contribution in [1.82, 2.24) is 9.78 Å². The molecule has 2 heterocycles. The van der Waals surface area contributed by atoms with Gasteiger partial charge in [0.1, 0.15) is 17.1 Å². The van der Waals surface area contributed by atoms with Crippen molar-refractivity contribution in [1.29, 1.82) is 0 Å². The van der Waals surface area contributed by atoms with Crippen molar-refractivity contribution >= 4 is 33.0 Å². The molecule has 32 heavy (non-hydrogen) atoms. The van der Waals surface area contributed by atoms with Gasteiger partial charge in [0.2, 0.25) is 0 Å². The molecule has 0 saturated heterocycles. The molecule has 0 fully saturated rings. The molecule has 3 aromatic carbocycles. The molecular weight excluding hydrogens is 452 g/mol. The lowest BCUT2D eigenvalue weighted by Gasteiger charge is -2.27. The van der Waals surface area contributed by atoms with Gasteiger partial charge in [0.25, 0.3) is 15.7 Å². The van der Waals surface area contributed by atoms with Crippen LogP contribution < -0.4 is 4.31 Å². The molecule has 0 bridgehead atoms. The molecule has 0 unspecified atom stereocenters. The number of fused-ring (bicyclic) bond motifs is 3. The highest BCUT2D eigenvalue weighted by Crippen LogP contribution is 2.48. The second-order valence-corrected chi connectivity index (χ2v) is 9.58. The molecule has 1 aromatic heterocycles. The lowest BCUT2D eigenvalue weighted by molar-refractivity contribution is -0.384. The lowest BCUT2D eigenvalue weighted by atomic mass is 10.1. The third-order valence-corrected chi connectivity index (χ3v) is 7.45. The van der Waals surface area contributed by atoms with Gasteiger partial charge in [-0.1, -0.05) is 41.9 Å². The van der Waals surface area contributed by atoms with Gasteiger partial charge in [0.05, 0.1) is 15.5 Å². The normalized spacial score (nSPS) is 14.0. The van der Waals surface area contributed by atoms with Gasteiger partial charge >= 0.3 is 0 Å². The van der Waals surface area contributed by atoms with Crippen molar-refractivity contribution in [2.75, 3.05) is 11.4 Å². The molecule has 4 aromatic rings. The van der Waals surface area contributed by atoms with Crippen LogP contribution in [0.25, 0.3) is 28.2 Å². The number of benzene rings is 3. The summed E-state index contributed by atoms with van der Waals surface area (Å²) in [6.45, 7) is 0. The van der Waals surface area contributed by atoms with E-state index in [-0.39, 0.29) is 10.6 Å². The molecule has 1 aliphatic rings. The van der Waals surface area contributed by atoms with Gasteiger partial charge in [0, 0.05) is 35.3 Å². The number of halogens is 1. The number of sulfonamides is 1. The predicted molar refractivity (Wildman–Crippen MR) is 122 cm³/mol. The minimum Gasteiger partial charge on any atom is -0.265 e. The minimum atomic E-state index is -3.80. The summed E-state index contributed by atoms with van der Waals surface area (Å²) >= 11 is 6.04. The first-order chi connectivity index (χ1) is 15.3. The third kappa shape index (κ3) is 2.97. The maximum Gasteiger partial charge on any atom is 0.269 e. The number of aromatic nitrogens is 2. The van der Waals surface area contributed by atoms with Crippen molar-refractivity contribution in [3.8, 4) is 28.2 Å². The lowest BCUT2D eigenvalue weighted by Crippen LogP contribution is -2.30. The van der Waals surface area contributed by atoms with Crippen LogP contribution in [-0.4, -0.2) is 30.2 Å². The molecule has 0 atom stereocenters. The molecular formula is C22H15ClN4O4S. The second kappa shape index (κ2) is 7.18. The van der Waals surface area contributed by atoms with Crippen LogP contribution in [0.2, 0.25) is 5.02 Å². The second-order valence-electron chi connectivity index (χ2n) is 7.21. The van der Waals surface area contributed by atoms with Crippen LogP contribution in [0.5, 0.6) is 0 Å². The highest BCUT2D eigenvalue weighted by molar-refractivity contribution is 7.93. The van der Waals surface area contributed by atoms with Crippen molar-refractivity contribution in [3.63, 3.8) is 0 Å². The molecule has 0 N–H and O–H groups in total. The quantitative estimate of drug-likeness (QED) is 0.315. The van der Waals surface area contributed by atoms with E-state index in [9.17, 15) is 18.5 Å². The van der Waals surface area contributed by atoms with E-state index >= 15 is 0 Å². The Balaban J connectivity index is 1.85. The molecule has 8 nitrogen and oxygen atoms in total. The first-order valence-electron chi connectivity index (χ1n) is 9.51. The van der Waals surface area contributed by atoms with E-state index in [2.05, 4.69) is 0 Å². The van der Waals surface area contributed by atoms with Crippen molar-refractivity contribution < 1.29 is 13.3 Å². The van der Waals surface area contributed by atoms with Crippen LogP contribution in [0.1, 0.15) is 0 Å². The van der Waals surface area contributed by atoms with Gasteiger partial charge in [-0.25, -0.2) is 13.1 Å². The summed E-state index contributed by atoms with van der Waals surface area (Å²) in [5.74, 6) is 0. The fraction of sp³-hybridized carbons (Fsp3) is 0.0455. The molecule has 0 radical (unpaired) electrons. The maximum absolute atomic E-state index is 13.3. The van der Waals surface area contributed by atoms with Crippen LogP contribution in [0, 0.1) is 10.1 Å². The molecule has 0 spiro atoms. The Hall–Kier alpha value is -3.69. The first-order valence-corrected chi connectivity index (χ1v) is 11.3. The number of hydrogen-bond acceptors (Lipinski definition) is 5. The summed E-state index contributed by atoms with van der Waals surface area (Å²) in [4.78, 5) is 10.8. The van der Waals surface area contributed by atoms with Gasteiger partial charge in [0.15, 0.2) is 0 Å². The summed E-state index contributed by atoms with van der Waals surface area (Å²) in [6.07, 6.45) is 0. The highest BCUT2D eigenvalue weighted by atomic mass is 35.5. The third-order valence-electron chi connectivity index (χ3n) is 5.38. The Morgan fingerprint density at radius 1 is 0.969 bits per heavy atom. The Bertz CT molecular complexity index is 1480. The van der Waals surface area contributed by atoms with Crippen LogP contribution in [0.3, 0.4) is 0 Å². The summed E-state index contributed by atoms with van der Waals surface area (Å²) < 4.78 is 29.4. The van der Waals surface area contributed by atoms with Crippen LogP contribution >= 0.6 is 11.6 Å². The number of anilines is 1. The van der Waals surface area contributed by atoms with Crippen LogP contribution in [0.15, 0.2) is 77.7 Å². The van der Waals surface area contributed by atoms with Gasteiger partial charge < -0.3 is 0 Å². The monoisotopic (exact) mass is 466 g/mol. The van der Waals surface area contributed by atoms with E-state index in [0.717, 1.165) is 0 Å². The molecule has 5 rings (SSSR count). The number of hydrogen-bond donors (Lipinski definition) is 0. The fourth-order valence-corrected chi connectivity index (χ4v) is 5.34. The Kier molecular flexibility index (Phi) is 4.54. The molecule has 160 valence electrons. The summed E-state index contributed by atoms with van der Waals surface area (Å²) in [5.41, 5.74) is 3.17. The highest BCUT2D eigenvalue weighted by Gasteiger charge is 2.38. The molecule has 0 aliphatic carbocycles. The van der Waals surface area contributed by atoms with Crippen molar-refractivity contribution in [2.45, 2.75) is 4.90 Å². The average molecular weight is 467 g/mol. The zero-order valence-electron chi connectivity index (χ0n) is 16.6. The van der Waals surface area contributed by atoms with E-state index in [1.54, 1.807) is 65.3 Å². The van der Waals surface area contributed by atoms with Crippen LogP contribution in [-0.2, 0) is 10.0 Å². The summed E-state index contributed by atoms with van der Waals surface area (Å²) in [6, 6.07) is 19.6. The first kappa shape index (κ1) is 20.2. The Morgan fingerprint density at radius 3 is 2.28 bits per heavy atom. The fourth-order valence-electron chi connectivity index (χ4n) is 3.81. The number of nitro groups is 1. The number of nitro benzene ring substituents is 1. The van der Waals surface area contributed by atoms with Gasteiger partial charge in [-0.05, 0) is 30.3 Å². The zero-order chi connectivity index (χ0) is 22.6. The zero-order valence-corrected chi connectivity index (χ0v) is 18.2. The van der Waals surface area contributed by atoms with E-state index in [4.69, 9.17) is 16.7 Å².